The average molecular weight is 2110 g/mol. The number of carbonyl (C=O) groups excluding carboxylic acids is 6. The first-order chi connectivity index (χ1) is 59.9. The van der Waals surface area contributed by atoms with Crippen LogP contribution in [0, 0.1) is 29.6 Å². The molecule has 2 aromatic rings. The molecule has 760 valence electrons. The van der Waals surface area contributed by atoms with E-state index in [1.807, 2.05) is 77.4 Å². The summed E-state index contributed by atoms with van der Waals surface area (Å²) in [4.78, 5) is 102. The van der Waals surface area contributed by atoms with Crippen LogP contribution in [0.3, 0.4) is 0 Å². The molecule has 6 amide bonds. The lowest BCUT2D eigenvalue weighted by molar-refractivity contribution is -0.136. The van der Waals surface area contributed by atoms with Gasteiger partial charge in [0.1, 0.15) is 34.8 Å². The number of nitrogens with zero attached hydrogens (tertiary/aromatic N) is 12. The van der Waals surface area contributed by atoms with E-state index in [-0.39, 0.29) is 115 Å². The Labute approximate surface area is 821 Å². The van der Waals surface area contributed by atoms with Gasteiger partial charge in [-0.1, -0.05) is 105 Å². The summed E-state index contributed by atoms with van der Waals surface area (Å²) in [5.74, 6) is 1.92. The zero-order valence-corrected chi connectivity index (χ0v) is 99.6. The minimum Gasteiger partial charge on any atom is -0.508 e. The number of hydrogen-bond donors (Lipinski definition) is 9. The highest BCUT2D eigenvalue weighted by Gasteiger charge is 2.40. The fourth-order valence-electron chi connectivity index (χ4n) is 14.0. The van der Waals surface area contributed by atoms with E-state index in [1.54, 1.807) is 45.0 Å². The number of aromatic hydroxyl groups is 2. The average Bonchev–Trinajstić information content (AvgIpc) is 0.786. The SMILES string of the molecule is C.CC(C)[C@@H](CN1CCN(C)CC1)NC(=O)[C@H]1Cc2ccc(O)cc2CN1.CC(C)[C@@H](CN1CCN(C)CC1)NC(=O)[C@H]1Cc2ccc(O)cc2CN1C(=O)OC(C)(C)C.CC(C)[C@H](N)C(=O)N1CCN(C)CC1.CC(C)[C@H](N)CN1CCN(C)CC1.CC(C)[C@H](NC(=O)OC(C)(C)C)C(=O)N1CCN(C)CC1.CN1CCNCC1.P.PP.PP(P)P.PPP.PPP(P)P. The topological polar surface area (TPSA) is 312 Å². The van der Waals surface area contributed by atoms with Gasteiger partial charge in [0, 0.05) is 208 Å². The van der Waals surface area contributed by atoms with Gasteiger partial charge < -0.3 is 96.9 Å². The predicted molar refractivity (Wildman–Crippen MR) is 603 cm³/mol. The second-order valence-electron chi connectivity index (χ2n) is 37.9. The number of alkyl carbamates (subject to hydrolysis) is 1. The third kappa shape index (κ3) is 58.1. The van der Waals surface area contributed by atoms with E-state index < -0.39 is 35.5 Å². The number of benzene rings is 2. The van der Waals surface area contributed by atoms with Crippen molar-refractivity contribution in [2.45, 2.75) is 198 Å². The highest BCUT2D eigenvalue weighted by Crippen LogP contribution is 2.71. The van der Waals surface area contributed by atoms with Crippen molar-refractivity contribution < 1.29 is 48.5 Å². The summed E-state index contributed by atoms with van der Waals surface area (Å²) < 4.78 is 10.9. The molecule has 0 spiro atoms. The Morgan fingerprint density at radius 2 is 0.846 bits per heavy atom. The summed E-state index contributed by atoms with van der Waals surface area (Å²) >= 11 is 0. The number of nitrogens with two attached hydrogens (primary N) is 2. The molecule has 130 heavy (non-hydrogen) atoms. The number of phenols is 2. The van der Waals surface area contributed by atoms with E-state index in [0.29, 0.717) is 50.4 Å². The Kier molecular flexibility index (Phi) is 73.1. The first kappa shape index (κ1) is 132. The molecule has 11 N–H and O–H groups in total. The van der Waals surface area contributed by atoms with Gasteiger partial charge >= 0.3 is 12.2 Å². The van der Waals surface area contributed by atoms with Crippen molar-refractivity contribution in [3.63, 3.8) is 0 Å². The number of carbonyl (C=O) groups is 6. The Balaban J connectivity index is 0. The van der Waals surface area contributed by atoms with Crippen LogP contribution in [-0.4, -0.2) is 377 Å². The molecule has 6 saturated heterocycles. The molecule has 0 aromatic heterocycles. The van der Waals surface area contributed by atoms with Gasteiger partial charge in [0.05, 0.1) is 18.6 Å². The van der Waals surface area contributed by atoms with Crippen molar-refractivity contribution in [1.29, 1.82) is 0 Å². The van der Waals surface area contributed by atoms with E-state index in [4.69, 9.17) is 20.9 Å². The van der Waals surface area contributed by atoms with Crippen LogP contribution in [0.15, 0.2) is 36.4 Å². The summed E-state index contributed by atoms with van der Waals surface area (Å²) in [6, 6.07) is 9.27. The standard InChI is InChI=1S/C25H40N4O4.C20H32N4O2.C15H29N3O3.C10H21N3O.C10H23N3.C5H12N2.CH4.H7P5.H6P4.H5P3.H4P2.H3P/c1-17(2)21(16-28-11-9-27(6)10-12-28)26-23(31)22-14-18-7-8-20(30)13-19(18)15-29(22)24(32)33-25(3,4)5;1-14(2)19(13-24-8-6-23(3)7-9-24)22-20(26)18-11-15-4-5-17(25)10-16(15)12-21-18;1-11(2)12(16-14(20)21-15(3,4)5)13(19)18-9-7-17(6)8-10-18;1-8(2)9(11)10(14)13-6-4-12(3)5-7-13;1-9(2)10(11)8-13-6-4-12(3)5-7-13;1-7-4-2-6-3-5-7;;1-4-5(2)3;1-4(2)3;1-3-2;1-2;/h7-8,13,17,21-22,30H,9-12,14-16H2,1-6H3,(H,26,31);4-5,10,14,18-19,21,25H,6-9,11-13H2,1-3H3,(H,22,26);11-12H,7-10H2,1-6H3,(H,16,20);8-9H,4-7,11H2,1-3H3;9-10H,4-8,11H2,1-3H3;6H,2-5H2,1H3;1H4;4H,1-3H2;1-3H2;3H,1-2H2;1-2H2;1H3/t21-,22-;18-,19-;12-;9-;10-;;;;;;;/m11001......./s1. The lowest BCUT2D eigenvalue weighted by Crippen LogP contribution is -2.58. The Morgan fingerprint density at radius 3 is 1.19 bits per heavy atom. The van der Waals surface area contributed by atoms with Crippen molar-refractivity contribution >= 4 is 165 Å². The first-order valence-corrected chi connectivity index (χ1v) is 66.9. The first-order valence-electron chi connectivity index (χ1n) is 45.2. The van der Waals surface area contributed by atoms with Crippen LogP contribution in [0.4, 0.5) is 9.59 Å². The highest BCUT2D eigenvalue weighted by atomic mass is 32.8. The second-order valence-corrected chi connectivity index (χ2v) is 67.8. The van der Waals surface area contributed by atoms with Crippen molar-refractivity contribution in [1.82, 2.24) is 85.4 Å². The molecule has 6 fully saturated rings. The van der Waals surface area contributed by atoms with E-state index >= 15 is 0 Å². The zero-order chi connectivity index (χ0) is 97.5. The van der Waals surface area contributed by atoms with Crippen molar-refractivity contribution in [2.24, 2.45) is 41.1 Å². The Hall–Kier alpha value is 0.390. The van der Waals surface area contributed by atoms with Crippen LogP contribution in [0.5, 0.6) is 11.5 Å². The number of likely N-dealkylation sites (N-methyl/N-ethyl adjacent to an activating group) is 6. The lowest BCUT2D eigenvalue weighted by Gasteiger charge is -2.39. The van der Waals surface area contributed by atoms with Crippen molar-refractivity contribution in [3.8, 4) is 11.5 Å². The molecule has 0 aliphatic carbocycles. The van der Waals surface area contributed by atoms with Crippen LogP contribution >= 0.6 is 129 Å². The molecule has 8 heterocycles. The summed E-state index contributed by atoms with van der Waals surface area (Å²) in [7, 11) is 40.6. The fraction of sp³-hybridized carbons (Fsp3) is 0.791. The summed E-state index contributed by atoms with van der Waals surface area (Å²) in [5, 5.41) is 35.3. The van der Waals surface area contributed by atoms with E-state index in [2.05, 4.69) is 237 Å². The maximum Gasteiger partial charge on any atom is 0.411 e. The van der Waals surface area contributed by atoms with Gasteiger partial charge in [0.2, 0.25) is 23.6 Å². The largest absolute Gasteiger partial charge is 0.508 e. The van der Waals surface area contributed by atoms with Gasteiger partial charge in [-0.2, -0.15) is 9.90 Å². The molecule has 10 rings (SSSR count). The number of fused-ring (bicyclic) bond motifs is 2. The van der Waals surface area contributed by atoms with Gasteiger partial charge in [-0.3, -0.25) is 38.8 Å². The predicted octanol–water partition coefficient (Wildman–Crippen LogP) is 10.9. The monoisotopic (exact) mass is 2110 g/mol. The summed E-state index contributed by atoms with van der Waals surface area (Å²) in [5.41, 5.74) is 14.6. The zero-order valence-electron chi connectivity index (χ0n) is 82.9. The third-order valence-electron chi connectivity index (χ3n) is 22.7. The smallest absolute Gasteiger partial charge is 0.411 e. The molecule has 19 atom stereocenters. The minimum absolute atomic E-state index is 0. The highest BCUT2D eigenvalue weighted by molar-refractivity contribution is 8.77. The molecular formula is C86H186N19O10P15. The molecule has 2 aromatic carbocycles. The normalized spacial score (nSPS) is 19.8. The fourth-order valence-corrected chi connectivity index (χ4v) is 14.0. The molecule has 8 aliphatic heterocycles. The van der Waals surface area contributed by atoms with Crippen LogP contribution < -0.4 is 38.1 Å². The maximum atomic E-state index is 13.5. The van der Waals surface area contributed by atoms with Gasteiger partial charge in [-0.25, -0.2) is 9.59 Å². The van der Waals surface area contributed by atoms with Crippen molar-refractivity contribution in [2.75, 3.05) is 219 Å². The Bertz CT molecular complexity index is 3390. The molecule has 29 nitrogen and oxygen atoms in total. The van der Waals surface area contributed by atoms with Crippen LogP contribution in [0.1, 0.15) is 140 Å². The number of ether oxygens (including phenoxy) is 2. The number of phenolic OH excluding ortho intramolecular Hbond substituents is 2. The molecule has 0 saturated carbocycles. The summed E-state index contributed by atoms with van der Waals surface area (Å²) in [6.45, 7) is 60.1. The number of rotatable bonds is 19. The second kappa shape index (κ2) is 71.8. The van der Waals surface area contributed by atoms with E-state index in [0.717, 1.165) is 163 Å². The van der Waals surface area contributed by atoms with Crippen LogP contribution in [-0.2, 0) is 54.6 Å². The number of piperazine rings is 6. The maximum absolute atomic E-state index is 13.5. The third-order valence-corrected chi connectivity index (χ3v) is 34.7. The molecule has 8 aliphatic rings. The van der Waals surface area contributed by atoms with Gasteiger partial charge in [-0.15, -0.1) is 89.3 Å². The number of amides is 6. The van der Waals surface area contributed by atoms with Gasteiger partial charge in [0.15, 0.2) is 0 Å². The van der Waals surface area contributed by atoms with Crippen LogP contribution in [0.2, 0.25) is 0 Å². The molecule has 44 heteroatoms. The van der Waals surface area contributed by atoms with Gasteiger partial charge in [0.25, 0.3) is 0 Å². The number of hydrogen-bond acceptors (Lipinski definition) is 23. The van der Waals surface area contributed by atoms with E-state index in [9.17, 15) is 39.0 Å². The quantitative estimate of drug-likeness (QED) is 0.0590. The molecule has 12 unspecified atom stereocenters. The van der Waals surface area contributed by atoms with E-state index in [1.165, 1.54) is 44.2 Å². The number of nitrogens with one attached hydrogen (secondary N) is 5. The summed E-state index contributed by atoms with van der Waals surface area (Å²) in [6.07, 6.45) is 0.00123. The molecular weight excluding hydrogens is 1920 g/mol. The minimum atomic E-state index is -0.668. The van der Waals surface area contributed by atoms with Crippen molar-refractivity contribution in [3.05, 3.63) is 58.7 Å². The molecule has 0 radical (unpaired) electrons. The van der Waals surface area contributed by atoms with Gasteiger partial charge in [-0.05, 0) is 180 Å². The molecule has 0 bridgehead atoms. The van der Waals surface area contributed by atoms with Crippen LogP contribution in [0.25, 0.3) is 0 Å². The Morgan fingerprint density at radius 1 is 0.492 bits per heavy atom. The lowest BCUT2D eigenvalue weighted by atomic mass is 9.93.